The van der Waals surface area contributed by atoms with Crippen LogP contribution in [0.15, 0.2) is 36.4 Å². The molecule has 0 saturated carbocycles. The number of Topliss-reactive ketones (excluding diaryl/α,β-unsaturated/α-hetero) is 1. The number of carbonyl (C=O) groups is 1. The molecular formula is C16H19N3O. The predicted molar refractivity (Wildman–Crippen MR) is 81.9 cm³/mol. The average molecular weight is 269 g/mol. The lowest BCUT2D eigenvalue weighted by Crippen LogP contribution is -2.18. The van der Waals surface area contributed by atoms with Crippen LogP contribution in [0.5, 0.6) is 0 Å². The Balaban J connectivity index is 2.23. The topological polar surface area (TPSA) is 59.2 Å². The average Bonchev–Trinajstić information content (AvgIpc) is 2.38. The van der Waals surface area contributed by atoms with Gasteiger partial charge in [-0.1, -0.05) is 6.07 Å². The van der Waals surface area contributed by atoms with E-state index in [1.54, 1.807) is 6.07 Å². The lowest BCUT2D eigenvalue weighted by Gasteiger charge is -2.20. The molecule has 0 atom stereocenters. The van der Waals surface area contributed by atoms with Crippen LogP contribution in [0.4, 0.5) is 11.4 Å². The highest BCUT2D eigenvalue weighted by Crippen LogP contribution is 2.22. The van der Waals surface area contributed by atoms with Crippen LogP contribution in [-0.2, 0) is 6.54 Å². The van der Waals surface area contributed by atoms with E-state index in [1.165, 1.54) is 6.92 Å². The van der Waals surface area contributed by atoms with Gasteiger partial charge in [0.1, 0.15) is 0 Å². The van der Waals surface area contributed by atoms with Gasteiger partial charge >= 0.3 is 0 Å². The molecule has 0 saturated heterocycles. The molecule has 0 aliphatic rings. The van der Waals surface area contributed by atoms with Crippen molar-refractivity contribution in [2.75, 3.05) is 17.7 Å². The van der Waals surface area contributed by atoms with Crippen molar-refractivity contribution in [1.82, 2.24) is 4.98 Å². The maximum atomic E-state index is 11.5. The number of pyridine rings is 1. The summed E-state index contributed by atoms with van der Waals surface area (Å²) in [5, 5.41) is 0. The molecule has 2 N–H and O–H groups in total. The number of rotatable bonds is 4. The maximum absolute atomic E-state index is 11.5. The van der Waals surface area contributed by atoms with Crippen LogP contribution >= 0.6 is 0 Å². The highest BCUT2D eigenvalue weighted by Gasteiger charge is 2.09. The van der Waals surface area contributed by atoms with E-state index in [4.69, 9.17) is 5.73 Å². The van der Waals surface area contributed by atoms with Gasteiger partial charge in [-0.15, -0.1) is 0 Å². The Morgan fingerprint density at radius 1 is 1.30 bits per heavy atom. The maximum Gasteiger partial charge on any atom is 0.161 e. The number of benzene rings is 1. The minimum atomic E-state index is -0.0218. The lowest BCUT2D eigenvalue weighted by atomic mass is 10.1. The molecule has 1 aromatic heterocycles. The molecule has 0 bridgehead atoms. The summed E-state index contributed by atoms with van der Waals surface area (Å²) in [5.41, 5.74) is 9.83. The lowest BCUT2D eigenvalue weighted by molar-refractivity contribution is 0.101. The summed E-state index contributed by atoms with van der Waals surface area (Å²) in [7, 11) is 1.97. The number of carbonyl (C=O) groups excluding carboxylic acids is 1. The number of aryl methyl sites for hydroxylation is 1. The van der Waals surface area contributed by atoms with Crippen molar-refractivity contribution < 1.29 is 4.79 Å². The van der Waals surface area contributed by atoms with Crippen LogP contribution in [0.25, 0.3) is 0 Å². The first-order chi connectivity index (χ1) is 9.47. The van der Waals surface area contributed by atoms with Crippen molar-refractivity contribution in [3.05, 3.63) is 53.3 Å². The number of aromatic nitrogens is 1. The number of nitrogens with two attached hydrogens (primary N) is 1. The number of nitrogens with zero attached hydrogens (tertiary/aromatic N) is 2. The van der Waals surface area contributed by atoms with Crippen LogP contribution < -0.4 is 10.6 Å². The number of hydrogen-bond donors (Lipinski definition) is 1. The van der Waals surface area contributed by atoms with Gasteiger partial charge in [-0.3, -0.25) is 9.78 Å². The molecule has 0 aliphatic heterocycles. The summed E-state index contributed by atoms with van der Waals surface area (Å²) < 4.78 is 0. The Bertz CT molecular complexity index is 637. The monoisotopic (exact) mass is 269 g/mol. The number of nitrogen functional groups attached to an aromatic ring is 1. The zero-order valence-electron chi connectivity index (χ0n) is 12.1. The number of anilines is 2. The molecule has 2 aromatic rings. The molecule has 0 fully saturated rings. The summed E-state index contributed by atoms with van der Waals surface area (Å²) in [6, 6.07) is 11.5. The molecule has 4 nitrogen and oxygen atoms in total. The normalized spacial score (nSPS) is 10.3. The molecule has 1 heterocycles. The highest BCUT2D eigenvalue weighted by atomic mass is 16.1. The van der Waals surface area contributed by atoms with E-state index in [0.717, 1.165) is 17.1 Å². The SMILES string of the molecule is CC(=O)c1cc(N(C)Cc2cccc(C)n2)ccc1N. The smallest absolute Gasteiger partial charge is 0.161 e. The summed E-state index contributed by atoms with van der Waals surface area (Å²) in [4.78, 5) is 18.1. The second kappa shape index (κ2) is 5.74. The van der Waals surface area contributed by atoms with E-state index < -0.39 is 0 Å². The first-order valence-corrected chi connectivity index (χ1v) is 6.51. The van der Waals surface area contributed by atoms with Crippen LogP contribution in [0.1, 0.15) is 28.7 Å². The van der Waals surface area contributed by atoms with Gasteiger partial charge in [-0.25, -0.2) is 0 Å². The molecule has 4 heteroatoms. The molecule has 0 unspecified atom stereocenters. The first kappa shape index (κ1) is 14.1. The standard InChI is InChI=1S/C16H19N3O/c1-11-5-4-6-13(18-11)10-19(3)14-7-8-16(17)15(9-14)12(2)20/h4-9H,10,17H2,1-3H3. The Labute approximate surface area is 119 Å². The van der Waals surface area contributed by atoms with E-state index >= 15 is 0 Å². The minimum Gasteiger partial charge on any atom is -0.398 e. The molecule has 1 aromatic carbocycles. The molecule has 20 heavy (non-hydrogen) atoms. The third kappa shape index (κ3) is 3.15. The van der Waals surface area contributed by atoms with Gasteiger partial charge in [0.25, 0.3) is 0 Å². The Morgan fingerprint density at radius 2 is 2.05 bits per heavy atom. The fraction of sp³-hybridized carbons (Fsp3) is 0.250. The second-order valence-corrected chi connectivity index (χ2v) is 4.95. The summed E-state index contributed by atoms with van der Waals surface area (Å²) in [5.74, 6) is -0.0218. The minimum absolute atomic E-state index is 0.0218. The number of hydrogen-bond acceptors (Lipinski definition) is 4. The van der Waals surface area contributed by atoms with E-state index in [9.17, 15) is 4.79 Å². The van der Waals surface area contributed by atoms with Crippen molar-refractivity contribution in [2.45, 2.75) is 20.4 Å². The Kier molecular flexibility index (Phi) is 4.03. The molecular weight excluding hydrogens is 250 g/mol. The van der Waals surface area contributed by atoms with Gasteiger partial charge in [0, 0.05) is 29.7 Å². The Morgan fingerprint density at radius 3 is 2.70 bits per heavy atom. The van der Waals surface area contributed by atoms with Gasteiger partial charge in [0.2, 0.25) is 0 Å². The molecule has 0 spiro atoms. The van der Waals surface area contributed by atoms with Crippen molar-refractivity contribution in [3.8, 4) is 0 Å². The van der Waals surface area contributed by atoms with Crippen LogP contribution in [0, 0.1) is 6.92 Å². The third-order valence-corrected chi connectivity index (χ3v) is 3.20. The predicted octanol–water partition coefficient (Wildman–Crippen LogP) is 2.81. The fourth-order valence-electron chi connectivity index (χ4n) is 2.11. The van der Waals surface area contributed by atoms with E-state index in [2.05, 4.69) is 4.98 Å². The van der Waals surface area contributed by atoms with Crippen LogP contribution in [-0.4, -0.2) is 17.8 Å². The van der Waals surface area contributed by atoms with Crippen molar-refractivity contribution in [3.63, 3.8) is 0 Å². The molecule has 0 aliphatic carbocycles. The van der Waals surface area contributed by atoms with E-state index in [-0.39, 0.29) is 5.78 Å². The quantitative estimate of drug-likeness (QED) is 0.685. The van der Waals surface area contributed by atoms with E-state index in [0.29, 0.717) is 17.8 Å². The fourth-order valence-corrected chi connectivity index (χ4v) is 2.11. The molecule has 0 amide bonds. The summed E-state index contributed by atoms with van der Waals surface area (Å²) in [6.07, 6.45) is 0. The largest absolute Gasteiger partial charge is 0.398 e. The molecule has 104 valence electrons. The van der Waals surface area contributed by atoms with Gasteiger partial charge in [-0.05, 0) is 44.2 Å². The van der Waals surface area contributed by atoms with E-state index in [1.807, 2.05) is 49.2 Å². The van der Waals surface area contributed by atoms with Gasteiger partial charge in [0.05, 0.1) is 12.2 Å². The van der Waals surface area contributed by atoms with Gasteiger partial charge in [0.15, 0.2) is 5.78 Å². The van der Waals surface area contributed by atoms with Crippen molar-refractivity contribution in [2.24, 2.45) is 0 Å². The summed E-state index contributed by atoms with van der Waals surface area (Å²) >= 11 is 0. The first-order valence-electron chi connectivity index (χ1n) is 6.51. The second-order valence-electron chi connectivity index (χ2n) is 4.95. The zero-order valence-corrected chi connectivity index (χ0v) is 12.1. The van der Waals surface area contributed by atoms with Crippen molar-refractivity contribution >= 4 is 17.2 Å². The highest BCUT2D eigenvalue weighted by molar-refractivity contribution is 6.00. The molecule has 2 rings (SSSR count). The third-order valence-electron chi connectivity index (χ3n) is 3.20. The van der Waals surface area contributed by atoms with Gasteiger partial charge < -0.3 is 10.6 Å². The zero-order chi connectivity index (χ0) is 14.7. The number of ketones is 1. The van der Waals surface area contributed by atoms with Gasteiger partial charge in [-0.2, -0.15) is 0 Å². The van der Waals surface area contributed by atoms with Crippen LogP contribution in [0.3, 0.4) is 0 Å². The Hall–Kier alpha value is -2.36. The molecule has 0 radical (unpaired) electrons. The van der Waals surface area contributed by atoms with Crippen molar-refractivity contribution in [1.29, 1.82) is 0 Å². The summed E-state index contributed by atoms with van der Waals surface area (Å²) in [6.45, 7) is 4.18. The van der Waals surface area contributed by atoms with Crippen LogP contribution in [0.2, 0.25) is 0 Å².